The van der Waals surface area contributed by atoms with E-state index in [4.69, 9.17) is 10.5 Å². The molecule has 0 saturated carbocycles. The van der Waals surface area contributed by atoms with E-state index in [0.717, 1.165) is 44.7 Å². The van der Waals surface area contributed by atoms with Crippen LogP contribution in [0.2, 0.25) is 0 Å². The molecule has 0 aliphatic carbocycles. The van der Waals surface area contributed by atoms with Crippen molar-refractivity contribution in [1.82, 2.24) is 9.97 Å². The quantitative estimate of drug-likeness (QED) is 0.893. The highest BCUT2D eigenvalue weighted by Crippen LogP contribution is 2.31. The molecule has 2 N–H and O–H groups in total. The number of hydrogen-bond acceptors (Lipinski definition) is 5. The summed E-state index contributed by atoms with van der Waals surface area (Å²) in [5.41, 5.74) is 5.45. The molecule has 0 unspecified atom stereocenters. The lowest BCUT2D eigenvalue weighted by molar-refractivity contribution is -0.123. The number of primary amides is 1. The van der Waals surface area contributed by atoms with Crippen molar-refractivity contribution in [3.8, 4) is 0 Å². The van der Waals surface area contributed by atoms with Crippen molar-refractivity contribution in [2.24, 2.45) is 17.6 Å². The smallest absolute Gasteiger partial charge is 0.225 e. The zero-order chi connectivity index (χ0) is 14.7. The van der Waals surface area contributed by atoms with Gasteiger partial charge >= 0.3 is 0 Å². The number of anilines is 1. The van der Waals surface area contributed by atoms with Gasteiger partial charge in [0.2, 0.25) is 11.9 Å². The van der Waals surface area contributed by atoms with Gasteiger partial charge in [-0.25, -0.2) is 9.97 Å². The van der Waals surface area contributed by atoms with E-state index < -0.39 is 0 Å². The molecule has 2 aliphatic rings. The van der Waals surface area contributed by atoms with E-state index >= 15 is 0 Å². The van der Waals surface area contributed by atoms with Crippen molar-refractivity contribution in [2.75, 3.05) is 24.6 Å². The number of aromatic nitrogens is 2. The van der Waals surface area contributed by atoms with Crippen LogP contribution in [0.5, 0.6) is 0 Å². The van der Waals surface area contributed by atoms with Crippen molar-refractivity contribution in [1.29, 1.82) is 0 Å². The molecular weight excluding hydrogens is 268 g/mol. The summed E-state index contributed by atoms with van der Waals surface area (Å²) in [6, 6.07) is 1.83. The molecule has 0 spiro atoms. The van der Waals surface area contributed by atoms with Crippen LogP contribution < -0.4 is 10.6 Å². The molecule has 1 aromatic rings. The van der Waals surface area contributed by atoms with E-state index in [1.807, 2.05) is 6.07 Å². The van der Waals surface area contributed by atoms with E-state index in [1.54, 1.807) is 12.4 Å². The number of rotatable bonds is 4. The highest BCUT2D eigenvalue weighted by molar-refractivity contribution is 5.77. The Balaban J connectivity index is 1.51. The van der Waals surface area contributed by atoms with Crippen molar-refractivity contribution in [3.05, 3.63) is 18.5 Å². The molecule has 0 bridgehead atoms. The van der Waals surface area contributed by atoms with Gasteiger partial charge in [-0.15, -0.1) is 0 Å². The van der Waals surface area contributed by atoms with Gasteiger partial charge in [-0.05, 0) is 37.7 Å². The summed E-state index contributed by atoms with van der Waals surface area (Å²) < 4.78 is 5.70. The molecule has 1 aromatic heterocycles. The first kappa shape index (κ1) is 14.3. The Morgan fingerprint density at radius 1 is 1.29 bits per heavy atom. The van der Waals surface area contributed by atoms with Crippen LogP contribution >= 0.6 is 0 Å². The summed E-state index contributed by atoms with van der Waals surface area (Å²) in [6.45, 7) is 2.58. The van der Waals surface area contributed by atoms with Crippen molar-refractivity contribution in [2.45, 2.75) is 31.8 Å². The van der Waals surface area contributed by atoms with E-state index in [0.29, 0.717) is 12.5 Å². The summed E-state index contributed by atoms with van der Waals surface area (Å²) in [7, 11) is 0. The van der Waals surface area contributed by atoms with Gasteiger partial charge in [0.1, 0.15) is 0 Å². The summed E-state index contributed by atoms with van der Waals surface area (Å²) in [5, 5.41) is 0. The summed E-state index contributed by atoms with van der Waals surface area (Å²) in [6.07, 6.45) is 7.46. The van der Waals surface area contributed by atoms with Crippen LogP contribution in [-0.2, 0) is 9.53 Å². The second kappa shape index (κ2) is 6.39. The second-order valence-corrected chi connectivity index (χ2v) is 5.92. The highest BCUT2D eigenvalue weighted by Gasteiger charge is 2.35. The van der Waals surface area contributed by atoms with Crippen LogP contribution in [0.25, 0.3) is 0 Å². The molecule has 0 aromatic carbocycles. The number of ether oxygens (including phenoxy) is 1. The number of carbonyl (C=O) groups excluding carboxylic acids is 1. The Bertz CT molecular complexity index is 474. The molecular formula is C15H22N4O2. The van der Waals surface area contributed by atoms with Gasteiger partial charge in [0.05, 0.1) is 12.0 Å². The minimum absolute atomic E-state index is 0.0204. The van der Waals surface area contributed by atoms with E-state index in [1.165, 1.54) is 0 Å². The van der Waals surface area contributed by atoms with Gasteiger partial charge in [-0.1, -0.05) is 0 Å². The van der Waals surface area contributed by atoms with Gasteiger partial charge < -0.3 is 15.4 Å². The van der Waals surface area contributed by atoms with Crippen LogP contribution in [0.1, 0.15) is 25.7 Å². The third-order valence-corrected chi connectivity index (χ3v) is 4.59. The molecule has 2 aliphatic heterocycles. The van der Waals surface area contributed by atoms with Crippen molar-refractivity contribution >= 4 is 11.9 Å². The van der Waals surface area contributed by atoms with Crippen LogP contribution in [0.15, 0.2) is 18.5 Å². The minimum atomic E-state index is -0.215. The molecule has 3 rings (SSSR count). The minimum Gasteiger partial charge on any atom is -0.377 e. The first-order valence-electron chi connectivity index (χ1n) is 7.67. The summed E-state index contributed by atoms with van der Waals surface area (Å²) in [4.78, 5) is 22.2. The Hall–Kier alpha value is -1.69. The fourth-order valence-corrected chi connectivity index (χ4v) is 3.36. The highest BCUT2D eigenvalue weighted by atomic mass is 16.5. The third kappa shape index (κ3) is 3.32. The number of carbonyl (C=O) groups is 1. The number of nitrogens with two attached hydrogens (primary N) is 1. The average molecular weight is 290 g/mol. The molecule has 3 heterocycles. The Morgan fingerprint density at radius 3 is 2.67 bits per heavy atom. The fraction of sp³-hybridized carbons (Fsp3) is 0.667. The molecule has 1 amide bonds. The maximum Gasteiger partial charge on any atom is 0.225 e. The van der Waals surface area contributed by atoms with E-state index in [-0.39, 0.29) is 17.9 Å². The van der Waals surface area contributed by atoms with Gasteiger partial charge in [-0.2, -0.15) is 0 Å². The van der Waals surface area contributed by atoms with Gasteiger partial charge in [0.15, 0.2) is 0 Å². The molecule has 2 atom stereocenters. The fourth-order valence-electron chi connectivity index (χ4n) is 3.36. The topological polar surface area (TPSA) is 81.3 Å². The number of hydrogen-bond donors (Lipinski definition) is 1. The van der Waals surface area contributed by atoms with Crippen LogP contribution in [0.3, 0.4) is 0 Å². The third-order valence-electron chi connectivity index (χ3n) is 4.59. The lowest BCUT2D eigenvalue weighted by Crippen LogP contribution is -2.37. The Kier molecular flexibility index (Phi) is 4.34. The summed E-state index contributed by atoms with van der Waals surface area (Å²) >= 11 is 0. The zero-order valence-corrected chi connectivity index (χ0v) is 12.1. The average Bonchev–Trinajstić information content (AvgIpc) is 2.97. The first-order valence-corrected chi connectivity index (χ1v) is 7.67. The SMILES string of the molecule is NC(=O)[C@@H]1CCO[C@@H]1CC1CCN(c2ncccn2)CC1. The molecule has 114 valence electrons. The molecule has 2 fully saturated rings. The molecule has 6 nitrogen and oxygen atoms in total. The van der Waals surface area contributed by atoms with Gasteiger partial charge in [0, 0.05) is 32.1 Å². The van der Waals surface area contributed by atoms with E-state index in [2.05, 4.69) is 14.9 Å². The Labute approximate surface area is 124 Å². The first-order chi connectivity index (χ1) is 10.2. The molecule has 0 radical (unpaired) electrons. The molecule has 21 heavy (non-hydrogen) atoms. The molecule has 6 heteroatoms. The standard InChI is InChI=1S/C15H22N4O2/c16-14(20)12-4-9-21-13(12)10-11-2-7-19(8-3-11)15-17-5-1-6-18-15/h1,5-6,11-13H,2-4,7-10H2,(H2,16,20)/t12-,13-/m1/s1. The maximum absolute atomic E-state index is 11.4. The van der Waals surface area contributed by atoms with Gasteiger partial charge in [0.25, 0.3) is 0 Å². The van der Waals surface area contributed by atoms with Crippen molar-refractivity contribution in [3.63, 3.8) is 0 Å². The predicted octanol–water partition coefficient (Wildman–Crippen LogP) is 0.973. The number of amides is 1. The van der Waals surface area contributed by atoms with Crippen LogP contribution in [-0.4, -0.2) is 41.7 Å². The lowest BCUT2D eigenvalue weighted by Gasteiger charge is -2.33. The van der Waals surface area contributed by atoms with Gasteiger partial charge in [-0.3, -0.25) is 4.79 Å². The largest absolute Gasteiger partial charge is 0.377 e. The lowest BCUT2D eigenvalue weighted by atomic mass is 9.86. The molecule has 2 saturated heterocycles. The van der Waals surface area contributed by atoms with E-state index in [9.17, 15) is 4.79 Å². The second-order valence-electron chi connectivity index (χ2n) is 5.92. The normalized spacial score (nSPS) is 27.0. The summed E-state index contributed by atoms with van der Waals surface area (Å²) in [5.74, 6) is 1.09. The van der Waals surface area contributed by atoms with Crippen molar-refractivity contribution < 1.29 is 9.53 Å². The zero-order valence-electron chi connectivity index (χ0n) is 12.1. The number of piperidine rings is 1. The number of nitrogens with zero attached hydrogens (tertiary/aromatic N) is 3. The Morgan fingerprint density at radius 2 is 2.00 bits per heavy atom. The predicted molar refractivity (Wildman–Crippen MR) is 78.6 cm³/mol. The van der Waals surface area contributed by atoms with Crippen LogP contribution in [0.4, 0.5) is 5.95 Å². The monoisotopic (exact) mass is 290 g/mol. The van der Waals surface area contributed by atoms with Crippen LogP contribution in [0, 0.1) is 11.8 Å². The maximum atomic E-state index is 11.4.